The average molecular weight is 372 g/mol. The van der Waals surface area contributed by atoms with Crippen LogP contribution in [0.25, 0.3) is 22.4 Å². The summed E-state index contributed by atoms with van der Waals surface area (Å²) in [6, 6.07) is 8.81. The number of aromatic amines is 2. The van der Waals surface area contributed by atoms with E-state index in [0.717, 1.165) is 49.0 Å². The summed E-state index contributed by atoms with van der Waals surface area (Å²) >= 11 is 0. The molecule has 6 nitrogen and oxygen atoms in total. The number of fused-ring (bicyclic) bond motifs is 1. The number of nitrogens with one attached hydrogen (secondary N) is 2. The molecule has 1 fully saturated rings. The summed E-state index contributed by atoms with van der Waals surface area (Å²) in [5.41, 5.74) is 5.53. The lowest BCUT2D eigenvalue weighted by Gasteiger charge is -2.32. The molecule has 142 valence electrons. The smallest absolute Gasteiger partial charge is 0.158 e. The van der Waals surface area contributed by atoms with E-state index in [1.54, 1.807) is 12.4 Å². The summed E-state index contributed by atoms with van der Waals surface area (Å²) in [6.07, 6.45) is 9.70. The highest BCUT2D eigenvalue weighted by Crippen LogP contribution is 2.31. The highest BCUT2D eigenvalue weighted by atomic mass is 15.1. The first-order valence-corrected chi connectivity index (χ1v) is 9.87. The van der Waals surface area contributed by atoms with Crippen molar-refractivity contribution in [2.75, 3.05) is 13.1 Å². The van der Waals surface area contributed by atoms with Crippen LogP contribution in [0.5, 0.6) is 0 Å². The van der Waals surface area contributed by atoms with Gasteiger partial charge in [-0.2, -0.15) is 0 Å². The maximum atomic E-state index is 4.71. The number of likely N-dealkylation sites (tertiary alicyclic amines) is 1. The van der Waals surface area contributed by atoms with Crippen LogP contribution in [-0.4, -0.2) is 42.9 Å². The number of aryl methyl sites for hydroxylation is 1. The Hall–Kier alpha value is -2.99. The van der Waals surface area contributed by atoms with Crippen LogP contribution in [-0.2, 0) is 6.54 Å². The van der Waals surface area contributed by atoms with Gasteiger partial charge in [-0.1, -0.05) is 12.1 Å². The molecule has 0 bridgehead atoms. The average Bonchev–Trinajstić information content (AvgIpc) is 3.36. The predicted octanol–water partition coefficient (Wildman–Crippen LogP) is 4.04. The second-order valence-corrected chi connectivity index (χ2v) is 7.68. The zero-order valence-electron chi connectivity index (χ0n) is 16.0. The molecule has 0 radical (unpaired) electrons. The molecule has 1 aromatic carbocycles. The van der Waals surface area contributed by atoms with Gasteiger partial charge >= 0.3 is 0 Å². The fourth-order valence-corrected chi connectivity index (χ4v) is 4.24. The second kappa shape index (κ2) is 7.20. The maximum absolute atomic E-state index is 4.71. The summed E-state index contributed by atoms with van der Waals surface area (Å²) in [4.78, 5) is 22.9. The van der Waals surface area contributed by atoms with Crippen LogP contribution >= 0.6 is 0 Å². The summed E-state index contributed by atoms with van der Waals surface area (Å²) in [5, 5.41) is 1.26. The van der Waals surface area contributed by atoms with Gasteiger partial charge in [0.1, 0.15) is 5.69 Å². The van der Waals surface area contributed by atoms with Crippen molar-refractivity contribution in [3.8, 4) is 11.5 Å². The van der Waals surface area contributed by atoms with Crippen molar-refractivity contribution in [3.63, 3.8) is 0 Å². The molecule has 1 aliphatic heterocycles. The lowest BCUT2D eigenvalue weighted by Crippen LogP contribution is -2.34. The van der Waals surface area contributed by atoms with Crippen molar-refractivity contribution >= 4 is 10.9 Å². The Morgan fingerprint density at radius 3 is 2.96 bits per heavy atom. The summed E-state index contributed by atoms with van der Waals surface area (Å²) in [5.74, 6) is 1.19. The van der Waals surface area contributed by atoms with Crippen LogP contribution in [0.1, 0.15) is 35.7 Å². The molecule has 0 spiro atoms. The monoisotopic (exact) mass is 372 g/mol. The number of rotatable bonds is 4. The van der Waals surface area contributed by atoms with Gasteiger partial charge in [0.05, 0.1) is 5.69 Å². The van der Waals surface area contributed by atoms with E-state index < -0.39 is 0 Å². The topological polar surface area (TPSA) is 73.5 Å². The first-order valence-electron chi connectivity index (χ1n) is 9.87. The lowest BCUT2D eigenvalue weighted by molar-refractivity contribution is 0.198. The number of piperidine rings is 1. The molecule has 1 unspecified atom stereocenters. The Balaban J connectivity index is 1.37. The quantitative estimate of drug-likeness (QED) is 0.567. The van der Waals surface area contributed by atoms with E-state index in [1.165, 1.54) is 22.9 Å². The van der Waals surface area contributed by atoms with Gasteiger partial charge in [0, 0.05) is 55.0 Å². The molecule has 6 heteroatoms. The standard InChI is InChI=1S/C22H24N6/c1-15-12-26-22(27-15)21-20(24-8-9-25-21)18-3-2-10-28(14-18)13-16-4-5-17-6-7-23-19(17)11-16/h4-9,11-12,18,23H,2-3,10,13-14H2,1H3,(H,26,27). The van der Waals surface area contributed by atoms with E-state index >= 15 is 0 Å². The first kappa shape index (κ1) is 17.1. The van der Waals surface area contributed by atoms with Gasteiger partial charge in [-0.05, 0) is 49.4 Å². The molecular formula is C22H24N6. The zero-order valence-corrected chi connectivity index (χ0v) is 16.0. The minimum atomic E-state index is 0.372. The number of benzene rings is 1. The van der Waals surface area contributed by atoms with Gasteiger partial charge in [0.25, 0.3) is 0 Å². The Bertz CT molecular complexity index is 1100. The van der Waals surface area contributed by atoms with Crippen molar-refractivity contribution in [3.05, 3.63) is 66.0 Å². The van der Waals surface area contributed by atoms with Gasteiger partial charge in [-0.25, -0.2) is 9.97 Å². The van der Waals surface area contributed by atoms with Gasteiger partial charge in [0.2, 0.25) is 0 Å². The fraction of sp³-hybridized carbons (Fsp3) is 0.318. The van der Waals surface area contributed by atoms with Crippen molar-refractivity contribution in [1.82, 2.24) is 29.8 Å². The van der Waals surface area contributed by atoms with Crippen LogP contribution in [0.2, 0.25) is 0 Å². The van der Waals surface area contributed by atoms with Gasteiger partial charge in [0.15, 0.2) is 5.82 Å². The van der Waals surface area contributed by atoms with E-state index in [9.17, 15) is 0 Å². The molecule has 4 aromatic rings. The normalized spacial score (nSPS) is 18.0. The minimum Gasteiger partial charge on any atom is -0.361 e. The van der Waals surface area contributed by atoms with Crippen LogP contribution in [0.15, 0.2) is 49.1 Å². The number of hydrogen-bond acceptors (Lipinski definition) is 4. The van der Waals surface area contributed by atoms with Gasteiger partial charge in [-0.15, -0.1) is 0 Å². The number of aromatic nitrogens is 5. The van der Waals surface area contributed by atoms with Gasteiger partial charge < -0.3 is 9.97 Å². The molecular weight excluding hydrogens is 348 g/mol. The van der Waals surface area contributed by atoms with E-state index in [4.69, 9.17) is 4.98 Å². The molecule has 0 saturated carbocycles. The van der Waals surface area contributed by atoms with Gasteiger partial charge in [-0.3, -0.25) is 9.88 Å². The van der Waals surface area contributed by atoms with E-state index in [1.807, 2.05) is 19.3 Å². The van der Waals surface area contributed by atoms with E-state index in [2.05, 4.69) is 49.1 Å². The third kappa shape index (κ3) is 3.31. The third-order valence-corrected chi connectivity index (χ3v) is 5.57. The minimum absolute atomic E-state index is 0.372. The molecule has 1 atom stereocenters. The Labute approximate surface area is 164 Å². The lowest BCUT2D eigenvalue weighted by atomic mass is 9.92. The van der Waals surface area contributed by atoms with Crippen LogP contribution in [0.4, 0.5) is 0 Å². The van der Waals surface area contributed by atoms with Crippen molar-refractivity contribution < 1.29 is 0 Å². The van der Waals surface area contributed by atoms with E-state index in [-0.39, 0.29) is 0 Å². The highest BCUT2D eigenvalue weighted by molar-refractivity contribution is 5.79. The third-order valence-electron chi connectivity index (χ3n) is 5.57. The highest BCUT2D eigenvalue weighted by Gasteiger charge is 2.26. The van der Waals surface area contributed by atoms with Crippen molar-refractivity contribution in [2.24, 2.45) is 0 Å². The van der Waals surface area contributed by atoms with Crippen molar-refractivity contribution in [2.45, 2.75) is 32.2 Å². The van der Waals surface area contributed by atoms with Crippen LogP contribution < -0.4 is 0 Å². The molecule has 4 heterocycles. The largest absolute Gasteiger partial charge is 0.361 e. The Kier molecular flexibility index (Phi) is 4.41. The van der Waals surface area contributed by atoms with E-state index in [0.29, 0.717) is 5.92 Å². The summed E-state index contributed by atoms with van der Waals surface area (Å²) < 4.78 is 0. The molecule has 28 heavy (non-hydrogen) atoms. The fourth-order valence-electron chi connectivity index (χ4n) is 4.24. The van der Waals surface area contributed by atoms with Crippen LogP contribution in [0.3, 0.4) is 0 Å². The predicted molar refractivity (Wildman–Crippen MR) is 110 cm³/mol. The summed E-state index contributed by atoms with van der Waals surface area (Å²) in [6.45, 7) is 5.08. The maximum Gasteiger partial charge on any atom is 0.158 e. The Morgan fingerprint density at radius 1 is 1.14 bits per heavy atom. The molecule has 1 aliphatic rings. The molecule has 3 aromatic heterocycles. The number of H-pyrrole nitrogens is 2. The molecule has 0 aliphatic carbocycles. The SMILES string of the molecule is Cc1cnc(-c2nccnc2C2CCCN(Cc3ccc4cc[nH]c4c3)C2)[nH]1. The molecule has 2 N–H and O–H groups in total. The number of hydrogen-bond donors (Lipinski definition) is 2. The molecule has 5 rings (SSSR count). The zero-order chi connectivity index (χ0) is 18.9. The molecule has 1 saturated heterocycles. The van der Waals surface area contributed by atoms with Crippen molar-refractivity contribution in [1.29, 1.82) is 0 Å². The number of nitrogens with zero attached hydrogens (tertiary/aromatic N) is 4. The second-order valence-electron chi connectivity index (χ2n) is 7.68. The summed E-state index contributed by atoms with van der Waals surface area (Å²) in [7, 11) is 0. The molecule has 0 amide bonds. The number of imidazole rings is 1. The first-order chi connectivity index (χ1) is 13.8. The Morgan fingerprint density at radius 2 is 2.07 bits per heavy atom. The van der Waals surface area contributed by atoms with Crippen LogP contribution in [0, 0.1) is 6.92 Å².